The first-order valence-corrected chi connectivity index (χ1v) is 6.14. The fourth-order valence-corrected chi connectivity index (χ4v) is 1.72. The zero-order valence-electron chi connectivity index (χ0n) is 11.4. The van der Waals surface area contributed by atoms with Crippen LogP contribution in [0.3, 0.4) is 0 Å². The van der Waals surface area contributed by atoms with Gasteiger partial charge in [-0.15, -0.1) is 0 Å². The molecule has 2 aromatic carbocycles. The van der Waals surface area contributed by atoms with Crippen molar-refractivity contribution in [2.24, 2.45) is 5.11 Å². The number of nitrogens with one attached hydrogen (secondary N) is 1. The molecule has 0 aromatic heterocycles. The van der Waals surface area contributed by atoms with Crippen molar-refractivity contribution < 1.29 is 15.0 Å². The summed E-state index contributed by atoms with van der Waals surface area (Å²) in [6, 6.07) is 14.3. The fourth-order valence-electron chi connectivity index (χ4n) is 1.72. The Morgan fingerprint density at radius 1 is 1.10 bits per heavy atom. The summed E-state index contributed by atoms with van der Waals surface area (Å²) in [6.07, 6.45) is 0. The van der Waals surface area contributed by atoms with Crippen LogP contribution in [0, 0.1) is 0 Å². The van der Waals surface area contributed by atoms with Crippen molar-refractivity contribution in [1.82, 2.24) is 0 Å². The van der Waals surface area contributed by atoms with Gasteiger partial charge in [-0.3, -0.25) is 0 Å². The Morgan fingerprint density at radius 2 is 1.75 bits per heavy atom. The van der Waals surface area contributed by atoms with Crippen molar-refractivity contribution in [3.05, 3.63) is 54.1 Å². The monoisotopic (exact) mass is 270 g/mol. The molecule has 0 atom stereocenters. The van der Waals surface area contributed by atoms with Gasteiger partial charge in [-0.25, -0.2) is 4.79 Å². The van der Waals surface area contributed by atoms with E-state index in [-0.39, 0.29) is 5.56 Å². The molecule has 0 saturated carbocycles. The first kappa shape index (κ1) is 13.7. The Hall–Kier alpha value is -2.69. The third-order valence-electron chi connectivity index (χ3n) is 2.83. The van der Waals surface area contributed by atoms with Crippen molar-refractivity contribution in [3.8, 4) is 0 Å². The standard InChI is InChI=1S/C15H15N3O2/c1-18(2)12-9-7-11(8-10-12)16-17-14-6-4-3-5-13(14)15(19)20/h3-10H,1-2H3,(H,19,20)/p+1. The van der Waals surface area contributed by atoms with Crippen LogP contribution in [-0.4, -0.2) is 25.2 Å². The van der Waals surface area contributed by atoms with Crippen molar-refractivity contribution in [2.45, 2.75) is 0 Å². The summed E-state index contributed by atoms with van der Waals surface area (Å²) in [4.78, 5) is 13.1. The summed E-state index contributed by atoms with van der Waals surface area (Å²) >= 11 is 0. The average molecular weight is 270 g/mol. The maximum atomic E-state index is 11.1. The van der Waals surface area contributed by atoms with E-state index >= 15 is 0 Å². The molecule has 0 fully saturated rings. The van der Waals surface area contributed by atoms with Gasteiger partial charge in [-0.2, -0.15) is 0 Å². The highest BCUT2D eigenvalue weighted by Crippen LogP contribution is 2.17. The van der Waals surface area contributed by atoms with Gasteiger partial charge >= 0.3 is 5.97 Å². The first-order chi connectivity index (χ1) is 9.58. The van der Waals surface area contributed by atoms with Crippen LogP contribution in [0.4, 0.5) is 17.1 Å². The van der Waals surface area contributed by atoms with Gasteiger partial charge in [0.15, 0.2) is 0 Å². The molecule has 0 amide bonds. The lowest BCUT2D eigenvalue weighted by Crippen LogP contribution is -2.58. The summed E-state index contributed by atoms with van der Waals surface area (Å²) in [5.74, 6) is -0.980. The maximum absolute atomic E-state index is 11.1. The van der Waals surface area contributed by atoms with Crippen LogP contribution in [0.2, 0.25) is 0 Å². The average Bonchev–Trinajstić information content (AvgIpc) is 2.45. The molecule has 0 spiro atoms. The van der Waals surface area contributed by atoms with Crippen molar-refractivity contribution in [2.75, 3.05) is 19.0 Å². The second-order valence-electron chi connectivity index (χ2n) is 4.49. The van der Waals surface area contributed by atoms with E-state index in [4.69, 9.17) is 5.11 Å². The van der Waals surface area contributed by atoms with Crippen LogP contribution >= 0.6 is 0 Å². The van der Waals surface area contributed by atoms with E-state index in [1.165, 1.54) is 6.07 Å². The molecule has 0 aliphatic rings. The number of hydrogen-bond donors (Lipinski definition) is 2. The maximum Gasteiger partial charge on any atom is 0.342 e. The van der Waals surface area contributed by atoms with E-state index < -0.39 is 5.97 Å². The number of carbonyl (C=O) groups is 1. The van der Waals surface area contributed by atoms with Crippen LogP contribution in [-0.2, 0) is 0 Å². The third-order valence-corrected chi connectivity index (χ3v) is 2.83. The Labute approximate surface area is 117 Å². The summed E-state index contributed by atoms with van der Waals surface area (Å²) in [6.45, 7) is 0. The topological polar surface area (TPSA) is 66.9 Å². The summed E-state index contributed by atoms with van der Waals surface area (Å²) in [7, 11) is 3.93. The number of aromatic carboxylic acids is 1. The number of hydrogen-bond acceptors (Lipinski definition) is 3. The number of benzene rings is 2. The molecule has 102 valence electrons. The number of carboxylic acid groups (broad SMARTS) is 1. The molecule has 2 aromatic rings. The van der Waals surface area contributed by atoms with E-state index in [2.05, 4.69) is 10.2 Å². The Morgan fingerprint density at radius 3 is 2.35 bits per heavy atom. The number of rotatable bonds is 4. The molecule has 0 saturated heterocycles. The van der Waals surface area contributed by atoms with Gasteiger partial charge in [0.25, 0.3) is 0 Å². The molecule has 2 rings (SSSR count). The molecule has 0 heterocycles. The molecule has 0 aliphatic heterocycles. The number of nitrogens with zero attached hydrogens (tertiary/aromatic N) is 2. The van der Waals surface area contributed by atoms with Gasteiger partial charge in [0, 0.05) is 25.8 Å². The van der Waals surface area contributed by atoms with Crippen molar-refractivity contribution >= 4 is 23.0 Å². The molecule has 0 radical (unpaired) electrons. The van der Waals surface area contributed by atoms with Gasteiger partial charge in [-0.05, 0) is 35.4 Å². The van der Waals surface area contributed by atoms with Crippen LogP contribution in [0.15, 0.2) is 53.6 Å². The minimum absolute atomic E-state index is 0.196. The van der Waals surface area contributed by atoms with E-state index in [1.807, 2.05) is 43.3 Å². The molecule has 5 heteroatoms. The Balaban J connectivity index is 2.23. The fraction of sp³-hybridized carbons (Fsp3) is 0.133. The lowest BCUT2D eigenvalue weighted by molar-refractivity contribution is -0.433. The van der Waals surface area contributed by atoms with Crippen molar-refractivity contribution in [1.29, 1.82) is 0 Å². The van der Waals surface area contributed by atoms with Gasteiger partial charge in [0.05, 0.1) is 0 Å². The summed E-state index contributed by atoms with van der Waals surface area (Å²) in [5.41, 5.74) is 2.48. The minimum atomic E-state index is -0.980. The summed E-state index contributed by atoms with van der Waals surface area (Å²) in [5, 5.41) is 16.1. The zero-order chi connectivity index (χ0) is 14.5. The highest BCUT2D eigenvalue weighted by Gasteiger charge is 2.12. The van der Waals surface area contributed by atoms with Gasteiger partial charge < -0.3 is 10.0 Å². The van der Waals surface area contributed by atoms with Crippen LogP contribution in [0.5, 0.6) is 0 Å². The normalized spacial score (nSPS) is 10.7. The molecular formula is C15H16N3O2+. The van der Waals surface area contributed by atoms with Crippen LogP contribution in [0.1, 0.15) is 10.4 Å². The lowest BCUT2D eigenvalue weighted by Gasteiger charge is -2.11. The van der Waals surface area contributed by atoms with E-state index in [0.717, 1.165) is 11.4 Å². The van der Waals surface area contributed by atoms with Crippen LogP contribution in [0.25, 0.3) is 0 Å². The SMILES string of the molecule is CN(C)c1ccc(N=[NH+]c2ccccc2C(=O)O)cc1. The number of anilines is 1. The van der Waals surface area contributed by atoms with Crippen LogP contribution < -0.4 is 10.0 Å². The Bertz CT molecular complexity index is 634. The van der Waals surface area contributed by atoms with Gasteiger partial charge in [0.2, 0.25) is 5.69 Å². The lowest BCUT2D eigenvalue weighted by atomic mass is 10.2. The largest absolute Gasteiger partial charge is 0.477 e. The zero-order valence-corrected chi connectivity index (χ0v) is 11.4. The van der Waals surface area contributed by atoms with Gasteiger partial charge in [0.1, 0.15) is 11.3 Å². The van der Waals surface area contributed by atoms with Gasteiger partial charge in [-0.1, -0.05) is 17.2 Å². The smallest absolute Gasteiger partial charge is 0.342 e. The van der Waals surface area contributed by atoms with E-state index in [0.29, 0.717) is 5.69 Å². The second-order valence-corrected chi connectivity index (χ2v) is 4.49. The highest BCUT2D eigenvalue weighted by atomic mass is 16.4. The molecule has 0 unspecified atom stereocenters. The van der Waals surface area contributed by atoms with Crippen molar-refractivity contribution in [3.63, 3.8) is 0 Å². The molecule has 0 aliphatic carbocycles. The molecule has 2 N–H and O–H groups in total. The number of azo groups is 1. The first-order valence-electron chi connectivity index (χ1n) is 6.14. The third kappa shape index (κ3) is 3.20. The molecule has 5 nitrogen and oxygen atoms in total. The Kier molecular flexibility index (Phi) is 4.10. The summed E-state index contributed by atoms with van der Waals surface area (Å²) < 4.78 is 0. The minimum Gasteiger partial charge on any atom is -0.477 e. The number of para-hydroxylation sites is 1. The quantitative estimate of drug-likeness (QED) is 0.834. The van der Waals surface area contributed by atoms with E-state index in [9.17, 15) is 4.79 Å². The second kappa shape index (κ2) is 5.97. The predicted molar refractivity (Wildman–Crippen MR) is 76.9 cm³/mol. The number of carboxylic acids is 1. The highest BCUT2D eigenvalue weighted by molar-refractivity contribution is 5.91. The molecule has 0 bridgehead atoms. The van der Waals surface area contributed by atoms with E-state index in [1.54, 1.807) is 18.2 Å². The molecular weight excluding hydrogens is 254 g/mol. The molecule has 20 heavy (non-hydrogen) atoms. The predicted octanol–water partition coefficient (Wildman–Crippen LogP) is 1.95.